The number of likely N-dealkylation sites (N-methyl/N-ethyl adjacent to an activating group) is 1. The summed E-state index contributed by atoms with van der Waals surface area (Å²) in [6.45, 7) is 6.55. The van der Waals surface area contributed by atoms with Crippen LogP contribution in [0.1, 0.15) is 43.8 Å². The van der Waals surface area contributed by atoms with E-state index in [0.29, 0.717) is 40.0 Å². The predicted octanol–water partition coefficient (Wildman–Crippen LogP) is 5.40. The van der Waals surface area contributed by atoms with Gasteiger partial charge in [0.15, 0.2) is 5.60 Å². The van der Waals surface area contributed by atoms with Gasteiger partial charge in [0, 0.05) is 24.1 Å². The Morgan fingerprint density at radius 2 is 1.88 bits per heavy atom. The second kappa shape index (κ2) is 7.57. The molecule has 174 valence electrons. The third-order valence-corrected chi connectivity index (χ3v) is 5.59. The number of alkyl halides is 3. The third-order valence-electron chi connectivity index (χ3n) is 5.59. The summed E-state index contributed by atoms with van der Waals surface area (Å²) in [5, 5.41) is 3.52. The molecule has 0 saturated carbocycles. The number of halogens is 4. The molecule has 4 rings (SSSR count). The highest BCUT2D eigenvalue weighted by atomic mass is 19.4. The number of ether oxygens (including phenoxy) is 1. The summed E-state index contributed by atoms with van der Waals surface area (Å²) >= 11 is 0. The largest absolute Gasteiger partial charge is 0.476 e. The van der Waals surface area contributed by atoms with Gasteiger partial charge < -0.3 is 15.0 Å². The van der Waals surface area contributed by atoms with Crippen LogP contribution in [0.25, 0.3) is 10.9 Å². The molecule has 0 saturated heterocycles. The highest BCUT2D eigenvalue weighted by Gasteiger charge is 2.40. The van der Waals surface area contributed by atoms with Gasteiger partial charge in [0.2, 0.25) is 0 Å². The van der Waals surface area contributed by atoms with Gasteiger partial charge in [-0.05, 0) is 39.8 Å². The molecule has 33 heavy (non-hydrogen) atoms. The molecular formula is C23H22F4N4O2. The maximum Gasteiger partial charge on any atom is 0.419 e. The van der Waals surface area contributed by atoms with Crippen molar-refractivity contribution < 1.29 is 27.1 Å². The number of carbonyl (C=O) groups excluding carboxylic acids is 1. The SMILES string of the molecule is Cc1nc(N[C@H](C)c2cccc(C(F)(F)F)c2F)c2cc3c(cc2n1)OC(C)(C)C(=O)N3C. The van der Waals surface area contributed by atoms with Crippen LogP contribution in [-0.2, 0) is 11.0 Å². The first-order valence-corrected chi connectivity index (χ1v) is 10.2. The van der Waals surface area contributed by atoms with E-state index in [1.54, 1.807) is 46.9 Å². The molecule has 1 aromatic heterocycles. The highest BCUT2D eigenvalue weighted by molar-refractivity contribution is 6.05. The number of fused-ring (bicyclic) bond motifs is 2. The number of nitrogens with zero attached hydrogens (tertiary/aromatic N) is 3. The Morgan fingerprint density at radius 1 is 1.18 bits per heavy atom. The molecule has 1 aliphatic heterocycles. The Morgan fingerprint density at radius 3 is 2.55 bits per heavy atom. The van der Waals surface area contributed by atoms with E-state index >= 15 is 0 Å². The van der Waals surface area contributed by atoms with Crippen LogP contribution in [0.2, 0.25) is 0 Å². The van der Waals surface area contributed by atoms with Gasteiger partial charge in [-0.2, -0.15) is 13.2 Å². The van der Waals surface area contributed by atoms with Crippen LogP contribution in [0.15, 0.2) is 30.3 Å². The van der Waals surface area contributed by atoms with E-state index < -0.39 is 29.2 Å². The number of nitrogens with one attached hydrogen (secondary N) is 1. The Balaban J connectivity index is 1.79. The van der Waals surface area contributed by atoms with Crippen molar-refractivity contribution in [2.45, 2.75) is 45.5 Å². The van der Waals surface area contributed by atoms with Gasteiger partial charge >= 0.3 is 6.18 Å². The maximum atomic E-state index is 14.7. The van der Waals surface area contributed by atoms with E-state index in [1.807, 2.05) is 0 Å². The van der Waals surface area contributed by atoms with E-state index in [2.05, 4.69) is 15.3 Å². The van der Waals surface area contributed by atoms with E-state index in [-0.39, 0.29) is 11.5 Å². The molecule has 0 fully saturated rings. The minimum absolute atomic E-state index is 0.149. The Hall–Kier alpha value is -3.43. The molecule has 0 unspecified atom stereocenters. The Labute approximate surface area is 187 Å². The van der Waals surface area contributed by atoms with Crippen LogP contribution in [0.3, 0.4) is 0 Å². The molecule has 2 heterocycles. The molecule has 0 radical (unpaired) electrons. The minimum atomic E-state index is -4.80. The van der Waals surface area contributed by atoms with Crippen LogP contribution < -0.4 is 15.0 Å². The molecule has 0 aliphatic carbocycles. The average molecular weight is 462 g/mol. The summed E-state index contributed by atoms with van der Waals surface area (Å²) in [7, 11) is 1.63. The number of benzene rings is 2. The Bertz CT molecular complexity index is 1270. The zero-order chi connectivity index (χ0) is 24.3. The lowest BCUT2D eigenvalue weighted by atomic mass is 10.0. The summed E-state index contributed by atoms with van der Waals surface area (Å²) in [5.74, 6) is -0.401. The Kier molecular flexibility index (Phi) is 5.22. The van der Waals surface area contributed by atoms with Crippen molar-refractivity contribution in [3.05, 3.63) is 53.1 Å². The van der Waals surface area contributed by atoms with Crippen molar-refractivity contribution in [2.24, 2.45) is 0 Å². The standard InChI is InChI=1S/C23H22F4N4O2/c1-11(13-7-6-8-15(19(13)24)23(25,26)27)28-20-14-9-17-18(10-16(14)29-12(2)30-20)33-22(3,4)21(32)31(17)5/h6-11H,1-5H3,(H,28,29,30)/t11-/m1/s1. The van der Waals surface area contributed by atoms with Crippen LogP contribution >= 0.6 is 0 Å². The summed E-state index contributed by atoms with van der Waals surface area (Å²) in [4.78, 5) is 22.9. The van der Waals surface area contributed by atoms with Gasteiger partial charge in [0.25, 0.3) is 5.91 Å². The number of hydrogen-bond donors (Lipinski definition) is 1. The second-order valence-corrected chi connectivity index (χ2v) is 8.51. The quantitative estimate of drug-likeness (QED) is 0.528. The lowest BCUT2D eigenvalue weighted by Gasteiger charge is -2.37. The zero-order valence-corrected chi connectivity index (χ0v) is 18.6. The maximum absolute atomic E-state index is 14.7. The summed E-state index contributed by atoms with van der Waals surface area (Å²) < 4.78 is 59.9. The number of hydrogen-bond acceptors (Lipinski definition) is 5. The lowest BCUT2D eigenvalue weighted by Crippen LogP contribution is -2.50. The van der Waals surface area contributed by atoms with Gasteiger partial charge in [-0.3, -0.25) is 4.79 Å². The molecule has 2 aromatic carbocycles. The fourth-order valence-electron chi connectivity index (χ4n) is 3.93. The fraction of sp³-hybridized carbons (Fsp3) is 0.348. The number of aromatic nitrogens is 2. The molecule has 1 atom stereocenters. The first kappa shape index (κ1) is 22.8. The van der Waals surface area contributed by atoms with Gasteiger partial charge in [0.05, 0.1) is 22.8 Å². The summed E-state index contributed by atoms with van der Waals surface area (Å²) in [6.07, 6.45) is -4.80. The van der Waals surface area contributed by atoms with Gasteiger partial charge in [-0.15, -0.1) is 0 Å². The monoisotopic (exact) mass is 462 g/mol. The lowest BCUT2D eigenvalue weighted by molar-refractivity contribution is -0.140. The van der Waals surface area contributed by atoms with Crippen LogP contribution in [0, 0.1) is 12.7 Å². The van der Waals surface area contributed by atoms with E-state index in [4.69, 9.17) is 4.74 Å². The molecule has 1 aliphatic rings. The first-order valence-electron chi connectivity index (χ1n) is 10.2. The molecule has 10 heteroatoms. The van der Waals surface area contributed by atoms with Crippen molar-refractivity contribution in [1.29, 1.82) is 0 Å². The van der Waals surface area contributed by atoms with Crippen LogP contribution in [0.4, 0.5) is 29.1 Å². The van der Waals surface area contributed by atoms with E-state index in [1.165, 1.54) is 17.0 Å². The van der Waals surface area contributed by atoms with Crippen LogP contribution in [0.5, 0.6) is 5.75 Å². The second-order valence-electron chi connectivity index (χ2n) is 8.51. The average Bonchev–Trinajstić information content (AvgIpc) is 2.70. The van der Waals surface area contributed by atoms with E-state index in [9.17, 15) is 22.4 Å². The first-order chi connectivity index (χ1) is 15.3. The molecule has 3 aromatic rings. The molecule has 0 bridgehead atoms. The van der Waals surface area contributed by atoms with Crippen molar-refractivity contribution in [3.63, 3.8) is 0 Å². The number of rotatable bonds is 3. The van der Waals surface area contributed by atoms with Gasteiger partial charge in [0.1, 0.15) is 23.2 Å². The normalized spacial score (nSPS) is 16.4. The number of amides is 1. The summed E-state index contributed by atoms with van der Waals surface area (Å²) in [6, 6.07) is 5.69. The van der Waals surface area contributed by atoms with Crippen molar-refractivity contribution >= 4 is 28.3 Å². The number of anilines is 2. The molecule has 1 amide bonds. The van der Waals surface area contributed by atoms with Crippen molar-refractivity contribution in [3.8, 4) is 5.75 Å². The minimum Gasteiger partial charge on any atom is -0.476 e. The molecule has 1 N–H and O–H groups in total. The number of carbonyl (C=O) groups is 1. The summed E-state index contributed by atoms with van der Waals surface area (Å²) in [5.41, 5.74) is -1.51. The predicted molar refractivity (Wildman–Crippen MR) is 116 cm³/mol. The third kappa shape index (κ3) is 3.94. The fourth-order valence-corrected chi connectivity index (χ4v) is 3.93. The van der Waals surface area contributed by atoms with Crippen molar-refractivity contribution in [1.82, 2.24) is 9.97 Å². The van der Waals surface area contributed by atoms with Crippen LogP contribution in [-0.4, -0.2) is 28.5 Å². The molecule has 6 nitrogen and oxygen atoms in total. The molecular weight excluding hydrogens is 440 g/mol. The van der Waals surface area contributed by atoms with Gasteiger partial charge in [-0.25, -0.2) is 14.4 Å². The topological polar surface area (TPSA) is 67.4 Å². The van der Waals surface area contributed by atoms with E-state index in [0.717, 1.165) is 0 Å². The zero-order valence-electron chi connectivity index (χ0n) is 18.6. The van der Waals surface area contributed by atoms with Crippen molar-refractivity contribution in [2.75, 3.05) is 17.3 Å². The smallest absolute Gasteiger partial charge is 0.419 e. The molecule has 0 spiro atoms. The highest BCUT2D eigenvalue weighted by Crippen LogP contribution is 2.41. The number of aryl methyl sites for hydroxylation is 1. The van der Waals surface area contributed by atoms with Gasteiger partial charge in [-0.1, -0.05) is 12.1 Å².